The number of nitrogens with zero attached hydrogens (tertiary/aromatic N) is 1. The van der Waals surface area contributed by atoms with E-state index in [1.54, 1.807) is 30.3 Å². The fourth-order valence-electron chi connectivity index (χ4n) is 4.25. The van der Waals surface area contributed by atoms with Crippen LogP contribution in [-0.2, 0) is 30.6 Å². The molecule has 0 aliphatic heterocycles. The number of alkyl halides is 2. The van der Waals surface area contributed by atoms with Crippen LogP contribution in [0.1, 0.15) is 44.7 Å². The number of carbonyl (C=O) groups excluding carboxylic acids is 1. The van der Waals surface area contributed by atoms with E-state index in [4.69, 9.17) is 9.47 Å². The van der Waals surface area contributed by atoms with Crippen LogP contribution in [-0.4, -0.2) is 32.5 Å². The van der Waals surface area contributed by atoms with Crippen LogP contribution in [0.15, 0.2) is 59.6 Å². The lowest BCUT2D eigenvalue weighted by Gasteiger charge is -2.28. The number of carbonyl (C=O) groups is 1. The first-order chi connectivity index (χ1) is 16.5. The Morgan fingerprint density at radius 2 is 1.91 bits per heavy atom. The monoisotopic (exact) mass is 504 g/mol. The fourth-order valence-corrected chi connectivity index (χ4v) is 5.52. The van der Waals surface area contributed by atoms with Gasteiger partial charge in [0.25, 0.3) is 10.0 Å². The maximum Gasteiger partial charge on any atom is 0.387 e. The Kier molecular flexibility index (Phi) is 6.54. The lowest BCUT2D eigenvalue weighted by molar-refractivity contribution is -0.122. The lowest BCUT2D eigenvalue weighted by Crippen LogP contribution is -2.39. The Morgan fingerprint density at radius 1 is 1.17 bits per heavy atom. The van der Waals surface area contributed by atoms with Gasteiger partial charge in [0.1, 0.15) is 5.75 Å². The molecule has 0 atom stereocenters. The molecule has 35 heavy (non-hydrogen) atoms. The van der Waals surface area contributed by atoms with Gasteiger partial charge in [0, 0.05) is 23.8 Å². The molecule has 0 bridgehead atoms. The summed E-state index contributed by atoms with van der Waals surface area (Å²) in [6.07, 6.45) is 2.10. The molecule has 1 saturated carbocycles. The van der Waals surface area contributed by atoms with Crippen molar-refractivity contribution in [3.8, 4) is 5.75 Å². The van der Waals surface area contributed by atoms with E-state index in [9.17, 15) is 22.0 Å². The highest BCUT2D eigenvalue weighted by Crippen LogP contribution is 2.53. The zero-order valence-corrected chi connectivity index (χ0v) is 20.4. The van der Waals surface area contributed by atoms with Gasteiger partial charge in [-0.05, 0) is 75.6 Å². The predicted octanol–water partition coefficient (Wildman–Crippen LogP) is 4.64. The van der Waals surface area contributed by atoms with Gasteiger partial charge in [0.15, 0.2) is 0 Å². The van der Waals surface area contributed by atoms with Gasteiger partial charge in [-0.1, -0.05) is 12.1 Å². The zero-order valence-electron chi connectivity index (χ0n) is 19.5. The second kappa shape index (κ2) is 9.16. The Balaban J connectivity index is 1.73. The van der Waals surface area contributed by atoms with Crippen LogP contribution < -0.4 is 9.46 Å². The molecule has 0 spiro atoms. The highest BCUT2D eigenvalue weighted by molar-refractivity contribution is 7.90. The van der Waals surface area contributed by atoms with Crippen molar-refractivity contribution in [1.82, 2.24) is 9.71 Å². The molecule has 1 amide bonds. The summed E-state index contributed by atoms with van der Waals surface area (Å²) in [5.41, 5.74) is -0.768. The molecule has 186 valence electrons. The highest BCUT2D eigenvalue weighted by Gasteiger charge is 2.54. The summed E-state index contributed by atoms with van der Waals surface area (Å²) in [5.74, 6) is -0.973. The van der Waals surface area contributed by atoms with Crippen molar-refractivity contribution >= 4 is 26.8 Å². The number of hydrogen-bond acceptors (Lipinski definition) is 6. The van der Waals surface area contributed by atoms with Crippen LogP contribution in [0, 0.1) is 0 Å². The molecule has 1 aromatic heterocycles. The van der Waals surface area contributed by atoms with E-state index in [1.807, 2.05) is 20.8 Å². The summed E-state index contributed by atoms with van der Waals surface area (Å²) in [7, 11) is -4.27. The van der Waals surface area contributed by atoms with Gasteiger partial charge in [-0.3, -0.25) is 9.78 Å². The second-order valence-electron chi connectivity index (χ2n) is 8.88. The number of benzene rings is 2. The van der Waals surface area contributed by atoms with E-state index >= 15 is 0 Å². The van der Waals surface area contributed by atoms with Crippen LogP contribution in [0.25, 0.3) is 10.9 Å². The summed E-state index contributed by atoms with van der Waals surface area (Å²) in [4.78, 5) is 17.5. The summed E-state index contributed by atoms with van der Waals surface area (Å²) < 4.78 is 65.4. The molecule has 3 aromatic rings. The topological polar surface area (TPSA) is 94.6 Å². The van der Waals surface area contributed by atoms with Crippen molar-refractivity contribution in [2.45, 2.75) is 56.1 Å². The van der Waals surface area contributed by atoms with Crippen molar-refractivity contribution in [1.29, 1.82) is 0 Å². The molecule has 10 heteroatoms. The molecular formula is C25H26F2N2O5S. The standard InChI is InChI=1S/C25H26F2N2O5S/c1-4-33-24(2,3)16-10-11-20(34-23(26)27)18(15-16)25(12-13-25)22(30)29-35(31,32)21-9-5-8-19-17(21)7-6-14-28-19/h5-11,14-15,23H,4,12-13H2,1-3H3,(H,29,30). The number of rotatable bonds is 9. The maximum atomic E-state index is 13.4. The average Bonchev–Trinajstić information content (AvgIpc) is 3.60. The van der Waals surface area contributed by atoms with Gasteiger partial charge in [0.05, 0.1) is 21.4 Å². The zero-order chi connectivity index (χ0) is 25.4. The molecule has 1 heterocycles. The normalized spacial score (nSPS) is 15.3. The fraction of sp³-hybridized carbons (Fsp3) is 0.360. The third-order valence-electron chi connectivity index (χ3n) is 6.22. The number of nitrogens with one attached hydrogen (secondary N) is 1. The van der Waals surface area contributed by atoms with Gasteiger partial charge in [-0.25, -0.2) is 13.1 Å². The highest BCUT2D eigenvalue weighted by atomic mass is 32.2. The van der Waals surface area contributed by atoms with Crippen molar-refractivity contribution in [2.75, 3.05) is 6.61 Å². The van der Waals surface area contributed by atoms with Crippen LogP contribution >= 0.6 is 0 Å². The van der Waals surface area contributed by atoms with Crippen molar-refractivity contribution in [2.24, 2.45) is 0 Å². The summed E-state index contributed by atoms with van der Waals surface area (Å²) in [6.45, 7) is 2.79. The molecule has 1 N–H and O–H groups in total. The minimum atomic E-state index is -4.27. The number of amides is 1. The summed E-state index contributed by atoms with van der Waals surface area (Å²) >= 11 is 0. The van der Waals surface area contributed by atoms with Crippen LogP contribution in [0.4, 0.5) is 8.78 Å². The Hall–Kier alpha value is -3.11. The minimum Gasteiger partial charge on any atom is -0.435 e. The molecule has 1 fully saturated rings. The van der Waals surface area contributed by atoms with Crippen molar-refractivity contribution < 1.29 is 31.5 Å². The summed E-state index contributed by atoms with van der Waals surface area (Å²) in [6, 6.07) is 12.4. The van der Waals surface area contributed by atoms with Gasteiger partial charge < -0.3 is 9.47 Å². The first-order valence-electron chi connectivity index (χ1n) is 11.1. The smallest absolute Gasteiger partial charge is 0.387 e. The third-order valence-corrected chi connectivity index (χ3v) is 7.61. The van der Waals surface area contributed by atoms with Gasteiger partial charge in [-0.15, -0.1) is 0 Å². The molecule has 0 saturated heterocycles. The van der Waals surface area contributed by atoms with E-state index < -0.39 is 33.6 Å². The van der Waals surface area contributed by atoms with E-state index in [1.165, 1.54) is 24.4 Å². The second-order valence-corrected chi connectivity index (χ2v) is 10.5. The number of sulfonamides is 1. The Bertz CT molecular complexity index is 1370. The molecule has 4 rings (SSSR count). The number of pyridine rings is 1. The molecular weight excluding hydrogens is 478 g/mol. The van der Waals surface area contributed by atoms with E-state index in [0.717, 1.165) is 0 Å². The van der Waals surface area contributed by atoms with E-state index in [-0.39, 0.29) is 29.1 Å². The predicted molar refractivity (Wildman–Crippen MR) is 126 cm³/mol. The average molecular weight is 505 g/mol. The van der Waals surface area contributed by atoms with Gasteiger partial charge in [0.2, 0.25) is 5.91 Å². The van der Waals surface area contributed by atoms with E-state index in [0.29, 0.717) is 23.1 Å². The number of aromatic nitrogens is 1. The maximum absolute atomic E-state index is 13.4. The summed E-state index contributed by atoms with van der Waals surface area (Å²) in [5, 5.41) is 0.363. The van der Waals surface area contributed by atoms with Crippen LogP contribution in [0.2, 0.25) is 0 Å². The minimum absolute atomic E-state index is 0.0949. The first-order valence-corrected chi connectivity index (χ1v) is 12.6. The number of ether oxygens (including phenoxy) is 2. The molecule has 1 aliphatic rings. The number of fused-ring (bicyclic) bond motifs is 1. The quantitative estimate of drug-likeness (QED) is 0.456. The van der Waals surface area contributed by atoms with Crippen molar-refractivity contribution in [3.05, 3.63) is 65.9 Å². The molecule has 7 nitrogen and oxygen atoms in total. The largest absolute Gasteiger partial charge is 0.435 e. The lowest BCUT2D eigenvalue weighted by atomic mass is 9.88. The van der Waals surface area contributed by atoms with Gasteiger partial charge >= 0.3 is 6.61 Å². The van der Waals surface area contributed by atoms with Crippen LogP contribution in [0.3, 0.4) is 0 Å². The van der Waals surface area contributed by atoms with Crippen molar-refractivity contribution in [3.63, 3.8) is 0 Å². The molecule has 1 aliphatic carbocycles. The Morgan fingerprint density at radius 3 is 2.57 bits per heavy atom. The molecule has 0 radical (unpaired) electrons. The number of hydrogen-bond donors (Lipinski definition) is 1. The van der Waals surface area contributed by atoms with E-state index in [2.05, 4.69) is 9.71 Å². The third kappa shape index (κ3) is 4.85. The molecule has 0 unspecified atom stereocenters. The first kappa shape index (κ1) is 25.0. The van der Waals surface area contributed by atoms with Gasteiger partial charge in [-0.2, -0.15) is 8.78 Å². The molecule has 2 aromatic carbocycles. The number of halogens is 2. The Labute approximate surface area is 202 Å². The van der Waals surface area contributed by atoms with Crippen LogP contribution in [0.5, 0.6) is 5.75 Å². The SMILES string of the molecule is CCOC(C)(C)c1ccc(OC(F)F)c(C2(C(=O)NS(=O)(=O)c3cccc4ncccc34)CC2)c1.